The third-order valence-corrected chi connectivity index (χ3v) is 4.12. The van der Waals surface area contributed by atoms with E-state index in [1.165, 1.54) is 12.1 Å². The number of nitrogens with zero attached hydrogens (tertiary/aromatic N) is 3. The van der Waals surface area contributed by atoms with Gasteiger partial charge in [0, 0.05) is 42.9 Å². The van der Waals surface area contributed by atoms with Gasteiger partial charge in [0.15, 0.2) is 5.96 Å². The van der Waals surface area contributed by atoms with Crippen LogP contribution in [0.2, 0.25) is 0 Å². The molecule has 0 aliphatic heterocycles. The summed E-state index contributed by atoms with van der Waals surface area (Å²) in [5.41, 5.74) is 3.12. The van der Waals surface area contributed by atoms with Crippen LogP contribution in [0, 0.1) is 12.7 Å². The third-order valence-electron chi connectivity index (χ3n) is 4.12. The average Bonchev–Trinajstić information content (AvgIpc) is 3.21. The number of aromatic amines is 1. The maximum atomic E-state index is 13.3. The molecular formula is C19H25FN6. The van der Waals surface area contributed by atoms with Gasteiger partial charge < -0.3 is 15.6 Å². The maximum Gasteiger partial charge on any atom is 0.191 e. The monoisotopic (exact) mass is 356 g/mol. The fourth-order valence-electron chi connectivity index (χ4n) is 2.87. The fourth-order valence-corrected chi connectivity index (χ4v) is 2.87. The lowest BCUT2D eigenvalue weighted by Gasteiger charge is -2.11. The molecule has 0 aliphatic rings. The molecule has 2 heterocycles. The van der Waals surface area contributed by atoms with Crippen LogP contribution in [-0.2, 0) is 13.0 Å². The summed E-state index contributed by atoms with van der Waals surface area (Å²) < 4.78 is 15.2. The van der Waals surface area contributed by atoms with Crippen molar-refractivity contribution < 1.29 is 4.39 Å². The summed E-state index contributed by atoms with van der Waals surface area (Å²) in [5, 5.41) is 11.9. The second kappa shape index (κ2) is 8.51. The molecule has 0 saturated heterocycles. The first-order valence-electron chi connectivity index (χ1n) is 8.92. The third kappa shape index (κ3) is 4.62. The molecule has 6 nitrogen and oxygen atoms in total. The van der Waals surface area contributed by atoms with Crippen LogP contribution in [0.1, 0.15) is 18.1 Å². The van der Waals surface area contributed by atoms with Gasteiger partial charge in [0.05, 0.1) is 12.7 Å². The normalized spacial score (nSPS) is 11.9. The number of nitrogens with one attached hydrogen (secondary N) is 3. The molecule has 0 spiro atoms. The van der Waals surface area contributed by atoms with E-state index in [1.54, 1.807) is 0 Å². The number of fused-ring (bicyclic) bond motifs is 1. The van der Waals surface area contributed by atoms with Crippen LogP contribution in [0.5, 0.6) is 0 Å². The molecule has 1 aromatic carbocycles. The summed E-state index contributed by atoms with van der Waals surface area (Å²) in [6.07, 6.45) is 6.60. The minimum absolute atomic E-state index is 0.227. The van der Waals surface area contributed by atoms with Gasteiger partial charge in [0.25, 0.3) is 0 Å². The van der Waals surface area contributed by atoms with Crippen molar-refractivity contribution in [3.05, 3.63) is 53.7 Å². The van der Waals surface area contributed by atoms with Crippen LogP contribution in [0.4, 0.5) is 4.39 Å². The summed E-state index contributed by atoms with van der Waals surface area (Å²) in [6.45, 7) is 7.06. The van der Waals surface area contributed by atoms with E-state index in [9.17, 15) is 4.39 Å². The summed E-state index contributed by atoms with van der Waals surface area (Å²) in [7, 11) is 0. The number of H-pyrrole nitrogens is 1. The summed E-state index contributed by atoms with van der Waals surface area (Å²) in [4.78, 5) is 7.74. The van der Waals surface area contributed by atoms with E-state index in [0.717, 1.165) is 54.0 Å². The van der Waals surface area contributed by atoms with E-state index < -0.39 is 0 Å². The minimum Gasteiger partial charge on any atom is -0.361 e. The molecule has 0 atom stereocenters. The second-order valence-electron chi connectivity index (χ2n) is 6.22. The van der Waals surface area contributed by atoms with E-state index in [2.05, 4.69) is 25.7 Å². The molecule has 7 heteroatoms. The van der Waals surface area contributed by atoms with Gasteiger partial charge >= 0.3 is 0 Å². The average molecular weight is 356 g/mol. The number of aryl methyl sites for hydroxylation is 1. The second-order valence-corrected chi connectivity index (χ2v) is 6.22. The molecule has 0 fully saturated rings. The Balaban J connectivity index is 1.54. The van der Waals surface area contributed by atoms with Crippen LogP contribution in [0.15, 0.2) is 41.8 Å². The Morgan fingerprint density at radius 1 is 1.35 bits per heavy atom. The Bertz CT molecular complexity index is 879. The first kappa shape index (κ1) is 18.0. The first-order chi connectivity index (χ1) is 12.7. The van der Waals surface area contributed by atoms with Crippen molar-refractivity contribution >= 4 is 16.9 Å². The van der Waals surface area contributed by atoms with Crippen molar-refractivity contribution in [1.29, 1.82) is 0 Å². The molecule has 3 N–H and O–H groups in total. The van der Waals surface area contributed by atoms with Gasteiger partial charge in [-0.3, -0.25) is 9.67 Å². The van der Waals surface area contributed by atoms with Crippen molar-refractivity contribution in [2.45, 2.75) is 26.8 Å². The highest BCUT2D eigenvalue weighted by Gasteiger charge is 2.05. The standard InChI is InChI=1S/C19H25FN6/c1-3-21-19(23-8-9-26-13-14(2)11-25-26)22-7-6-15-12-24-18-10-16(20)4-5-17(15)18/h4-5,10-13,24H,3,6-9H2,1-2H3,(H2,21,22,23). The molecule has 2 aromatic heterocycles. The molecule has 0 unspecified atom stereocenters. The predicted molar refractivity (Wildman–Crippen MR) is 103 cm³/mol. The lowest BCUT2D eigenvalue weighted by molar-refractivity contribution is 0.597. The molecular weight excluding hydrogens is 331 g/mol. The van der Waals surface area contributed by atoms with Gasteiger partial charge in [0.2, 0.25) is 0 Å². The number of rotatable bonds is 7. The van der Waals surface area contributed by atoms with E-state index in [1.807, 2.05) is 43.2 Å². The van der Waals surface area contributed by atoms with Crippen LogP contribution >= 0.6 is 0 Å². The smallest absolute Gasteiger partial charge is 0.191 e. The molecule has 3 rings (SSSR count). The zero-order valence-corrected chi connectivity index (χ0v) is 15.2. The van der Waals surface area contributed by atoms with Gasteiger partial charge in [-0.15, -0.1) is 0 Å². The number of guanidine groups is 1. The molecule has 0 saturated carbocycles. The van der Waals surface area contributed by atoms with Crippen LogP contribution in [-0.4, -0.2) is 40.4 Å². The lowest BCUT2D eigenvalue weighted by atomic mass is 10.1. The number of aliphatic imine (C=N–C) groups is 1. The number of aromatic nitrogens is 3. The Hall–Kier alpha value is -2.83. The number of halogens is 1. The number of benzene rings is 1. The predicted octanol–water partition coefficient (Wildman–Crippen LogP) is 2.61. The molecule has 0 aliphatic carbocycles. The van der Waals surface area contributed by atoms with Crippen LogP contribution in [0.25, 0.3) is 10.9 Å². The topological polar surface area (TPSA) is 70.0 Å². The van der Waals surface area contributed by atoms with E-state index >= 15 is 0 Å². The Morgan fingerprint density at radius 3 is 3.00 bits per heavy atom. The zero-order chi connectivity index (χ0) is 18.4. The number of hydrogen-bond acceptors (Lipinski definition) is 2. The van der Waals surface area contributed by atoms with Crippen molar-refractivity contribution in [1.82, 2.24) is 25.4 Å². The Kier molecular flexibility index (Phi) is 5.88. The Morgan fingerprint density at radius 2 is 2.23 bits per heavy atom. The molecule has 26 heavy (non-hydrogen) atoms. The van der Waals surface area contributed by atoms with Crippen LogP contribution < -0.4 is 10.6 Å². The van der Waals surface area contributed by atoms with Crippen molar-refractivity contribution in [2.75, 3.05) is 19.6 Å². The number of hydrogen-bond donors (Lipinski definition) is 3. The summed E-state index contributed by atoms with van der Waals surface area (Å²) >= 11 is 0. The lowest BCUT2D eigenvalue weighted by Crippen LogP contribution is -2.39. The van der Waals surface area contributed by atoms with E-state index in [4.69, 9.17) is 0 Å². The van der Waals surface area contributed by atoms with Crippen molar-refractivity contribution in [2.24, 2.45) is 4.99 Å². The minimum atomic E-state index is -0.227. The Labute approximate surface area is 152 Å². The first-order valence-corrected chi connectivity index (χ1v) is 8.92. The summed E-state index contributed by atoms with van der Waals surface area (Å²) in [6, 6.07) is 4.83. The van der Waals surface area contributed by atoms with Gasteiger partial charge in [-0.25, -0.2) is 4.39 Å². The van der Waals surface area contributed by atoms with Crippen molar-refractivity contribution in [3.8, 4) is 0 Å². The maximum absolute atomic E-state index is 13.3. The van der Waals surface area contributed by atoms with Crippen molar-refractivity contribution in [3.63, 3.8) is 0 Å². The largest absolute Gasteiger partial charge is 0.361 e. The van der Waals surface area contributed by atoms with Gasteiger partial charge in [-0.05, 0) is 49.6 Å². The molecule has 3 aromatic rings. The van der Waals surface area contributed by atoms with Crippen LogP contribution in [0.3, 0.4) is 0 Å². The van der Waals surface area contributed by atoms with Gasteiger partial charge in [-0.1, -0.05) is 0 Å². The highest BCUT2D eigenvalue weighted by Crippen LogP contribution is 2.19. The molecule has 0 amide bonds. The SMILES string of the molecule is CCNC(=NCCc1c[nH]c2cc(F)ccc12)NCCn1cc(C)cn1. The molecule has 138 valence electrons. The fraction of sp³-hybridized carbons (Fsp3) is 0.368. The zero-order valence-electron chi connectivity index (χ0n) is 15.2. The quantitative estimate of drug-likeness (QED) is 0.450. The van der Waals surface area contributed by atoms with Gasteiger partial charge in [-0.2, -0.15) is 5.10 Å². The molecule has 0 bridgehead atoms. The molecule has 0 radical (unpaired) electrons. The highest BCUT2D eigenvalue weighted by atomic mass is 19.1. The summed E-state index contributed by atoms with van der Waals surface area (Å²) in [5.74, 6) is 0.567. The van der Waals surface area contributed by atoms with Gasteiger partial charge in [0.1, 0.15) is 5.82 Å². The highest BCUT2D eigenvalue weighted by molar-refractivity contribution is 5.83. The van der Waals surface area contributed by atoms with E-state index in [0.29, 0.717) is 6.54 Å². The van der Waals surface area contributed by atoms with E-state index in [-0.39, 0.29) is 5.82 Å².